The molecule has 2 amide bonds. The Kier molecular flexibility index (Phi) is 4.32. The Balaban J connectivity index is 2.04. The zero-order chi connectivity index (χ0) is 13.1. The van der Waals surface area contributed by atoms with Crippen LogP contribution in [0.2, 0.25) is 10.0 Å². The molecule has 1 aliphatic heterocycles. The summed E-state index contributed by atoms with van der Waals surface area (Å²) in [6, 6.07) is 4.62. The number of likely N-dealkylation sites (tertiary alicyclic amines) is 1. The van der Waals surface area contributed by atoms with E-state index in [9.17, 15) is 9.90 Å². The molecule has 2 rings (SSSR count). The second-order valence-electron chi connectivity index (χ2n) is 4.30. The Hall–Kier alpha value is -0.970. The van der Waals surface area contributed by atoms with Crippen LogP contribution in [0.5, 0.6) is 0 Å². The first kappa shape index (κ1) is 13.5. The van der Waals surface area contributed by atoms with Crippen LogP contribution in [0.3, 0.4) is 0 Å². The number of piperidine rings is 1. The third kappa shape index (κ3) is 3.28. The van der Waals surface area contributed by atoms with Gasteiger partial charge in [0.25, 0.3) is 0 Å². The van der Waals surface area contributed by atoms with E-state index < -0.39 is 6.10 Å². The van der Waals surface area contributed by atoms with Crippen molar-refractivity contribution in [2.45, 2.75) is 18.9 Å². The topological polar surface area (TPSA) is 52.6 Å². The van der Waals surface area contributed by atoms with Gasteiger partial charge in [-0.05, 0) is 31.0 Å². The second-order valence-corrected chi connectivity index (χ2v) is 5.14. The molecule has 0 aliphatic carbocycles. The maximum atomic E-state index is 12.0. The van der Waals surface area contributed by atoms with Crippen LogP contribution < -0.4 is 5.32 Å². The largest absolute Gasteiger partial charge is 0.391 e. The van der Waals surface area contributed by atoms with E-state index in [2.05, 4.69) is 5.32 Å². The van der Waals surface area contributed by atoms with Gasteiger partial charge >= 0.3 is 6.03 Å². The number of amides is 2. The summed E-state index contributed by atoms with van der Waals surface area (Å²) in [6.07, 6.45) is 1.10. The number of halogens is 2. The third-order valence-electron chi connectivity index (χ3n) is 2.85. The van der Waals surface area contributed by atoms with E-state index in [1.165, 1.54) is 0 Å². The number of nitrogens with one attached hydrogen (secondary N) is 1. The predicted octanol–water partition coefficient (Wildman–Crippen LogP) is 2.98. The van der Waals surface area contributed by atoms with Crippen molar-refractivity contribution in [2.24, 2.45) is 0 Å². The first-order valence-electron chi connectivity index (χ1n) is 5.75. The Labute approximate surface area is 115 Å². The van der Waals surface area contributed by atoms with Gasteiger partial charge in [0.2, 0.25) is 0 Å². The number of rotatable bonds is 1. The first-order valence-corrected chi connectivity index (χ1v) is 6.51. The van der Waals surface area contributed by atoms with Gasteiger partial charge in [0.05, 0.1) is 16.8 Å². The highest BCUT2D eigenvalue weighted by Crippen LogP contribution is 2.26. The molecule has 1 aromatic rings. The van der Waals surface area contributed by atoms with Gasteiger partial charge < -0.3 is 15.3 Å². The Morgan fingerprint density at radius 3 is 2.94 bits per heavy atom. The zero-order valence-corrected chi connectivity index (χ0v) is 11.2. The van der Waals surface area contributed by atoms with Gasteiger partial charge in [-0.3, -0.25) is 0 Å². The van der Waals surface area contributed by atoms with Crippen molar-refractivity contribution in [3.63, 3.8) is 0 Å². The summed E-state index contributed by atoms with van der Waals surface area (Å²) in [7, 11) is 0. The minimum absolute atomic E-state index is 0.266. The van der Waals surface area contributed by atoms with Gasteiger partial charge in [-0.1, -0.05) is 23.2 Å². The molecule has 18 heavy (non-hydrogen) atoms. The molecule has 1 saturated heterocycles. The summed E-state index contributed by atoms with van der Waals surface area (Å²) in [4.78, 5) is 13.6. The number of hydrogen-bond donors (Lipinski definition) is 2. The number of hydrogen-bond acceptors (Lipinski definition) is 2. The van der Waals surface area contributed by atoms with E-state index in [1.54, 1.807) is 23.1 Å². The standard InChI is InChI=1S/C12H14Cl2N2O2/c13-8-3-4-10(14)11(6-8)15-12(18)16-5-1-2-9(17)7-16/h3-4,6,9,17H,1-2,5,7H2,(H,15,18)/t9-/m0/s1. The van der Waals surface area contributed by atoms with Gasteiger partial charge in [0.1, 0.15) is 0 Å². The molecule has 2 N–H and O–H groups in total. The molecule has 0 aromatic heterocycles. The quantitative estimate of drug-likeness (QED) is 0.835. The van der Waals surface area contributed by atoms with Crippen molar-refractivity contribution in [2.75, 3.05) is 18.4 Å². The van der Waals surface area contributed by atoms with Crippen molar-refractivity contribution >= 4 is 34.9 Å². The van der Waals surface area contributed by atoms with Crippen molar-refractivity contribution in [1.29, 1.82) is 0 Å². The number of carbonyl (C=O) groups excluding carboxylic acids is 1. The molecule has 1 fully saturated rings. The summed E-state index contributed by atoms with van der Waals surface area (Å²) < 4.78 is 0. The van der Waals surface area contributed by atoms with Crippen molar-refractivity contribution in [1.82, 2.24) is 4.90 Å². The predicted molar refractivity (Wildman–Crippen MR) is 72.3 cm³/mol. The Morgan fingerprint density at radius 2 is 2.22 bits per heavy atom. The molecule has 1 heterocycles. The molecule has 1 aliphatic rings. The van der Waals surface area contributed by atoms with Crippen LogP contribution in [0.1, 0.15) is 12.8 Å². The van der Waals surface area contributed by atoms with Gasteiger partial charge in [-0.15, -0.1) is 0 Å². The van der Waals surface area contributed by atoms with E-state index in [-0.39, 0.29) is 6.03 Å². The van der Waals surface area contributed by atoms with E-state index in [4.69, 9.17) is 23.2 Å². The number of anilines is 1. The summed E-state index contributed by atoms with van der Waals surface area (Å²) in [5, 5.41) is 13.2. The van der Waals surface area contributed by atoms with Gasteiger partial charge in [-0.2, -0.15) is 0 Å². The zero-order valence-electron chi connectivity index (χ0n) is 9.70. The molecule has 1 atom stereocenters. The molecule has 6 heteroatoms. The lowest BCUT2D eigenvalue weighted by atomic mass is 10.1. The number of aliphatic hydroxyl groups is 1. The van der Waals surface area contributed by atoms with Crippen LogP contribution in [-0.2, 0) is 0 Å². The Morgan fingerprint density at radius 1 is 1.44 bits per heavy atom. The summed E-state index contributed by atoms with van der Waals surface area (Å²) >= 11 is 11.8. The van der Waals surface area contributed by atoms with E-state index in [1.807, 2.05) is 0 Å². The molecule has 98 valence electrons. The number of nitrogens with zero attached hydrogens (tertiary/aromatic N) is 1. The molecule has 0 radical (unpaired) electrons. The molecular formula is C12H14Cl2N2O2. The highest BCUT2D eigenvalue weighted by Gasteiger charge is 2.22. The van der Waals surface area contributed by atoms with Crippen LogP contribution in [0.15, 0.2) is 18.2 Å². The minimum atomic E-state index is -0.445. The average Bonchev–Trinajstić information content (AvgIpc) is 2.34. The molecule has 0 unspecified atom stereocenters. The van der Waals surface area contributed by atoms with Crippen LogP contribution in [0.4, 0.5) is 10.5 Å². The fourth-order valence-corrected chi connectivity index (χ4v) is 2.26. The maximum Gasteiger partial charge on any atom is 0.321 e. The smallest absolute Gasteiger partial charge is 0.321 e. The van der Waals surface area contributed by atoms with Crippen molar-refractivity contribution in [3.05, 3.63) is 28.2 Å². The van der Waals surface area contributed by atoms with Crippen molar-refractivity contribution in [3.8, 4) is 0 Å². The monoisotopic (exact) mass is 288 g/mol. The number of aliphatic hydroxyl groups excluding tert-OH is 1. The van der Waals surface area contributed by atoms with Gasteiger partial charge in [-0.25, -0.2) is 4.79 Å². The molecule has 0 bridgehead atoms. The first-order chi connectivity index (χ1) is 8.56. The number of carbonyl (C=O) groups is 1. The second kappa shape index (κ2) is 5.78. The van der Waals surface area contributed by atoms with Crippen molar-refractivity contribution < 1.29 is 9.90 Å². The van der Waals surface area contributed by atoms with E-state index in [0.717, 1.165) is 12.8 Å². The number of benzene rings is 1. The molecular weight excluding hydrogens is 275 g/mol. The van der Waals surface area contributed by atoms with Crippen LogP contribution in [0, 0.1) is 0 Å². The number of urea groups is 1. The number of β-amino-alcohol motifs (C(OH)–C–C–N with tert-alkyl or cyclic N) is 1. The van der Waals surface area contributed by atoms with E-state index in [0.29, 0.717) is 28.8 Å². The summed E-state index contributed by atoms with van der Waals surface area (Å²) in [6.45, 7) is 0.991. The van der Waals surface area contributed by atoms with Gasteiger partial charge in [0.15, 0.2) is 0 Å². The fourth-order valence-electron chi connectivity index (χ4n) is 1.93. The van der Waals surface area contributed by atoms with Gasteiger partial charge in [0, 0.05) is 18.1 Å². The molecule has 0 spiro atoms. The average molecular weight is 289 g/mol. The van der Waals surface area contributed by atoms with Crippen LogP contribution in [-0.4, -0.2) is 35.2 Å². The molecule has 1 aromatic carbocycles. The summed E-state index contributed by atoms with van der Waals surface area (Å²) in [5.41, 5.74) is 0.481. The molecule has 4 nitrogen and oxygen atoms in total. The highest BCUT2D eigenvalue weighted by molar-refractivity contribution is 6.35. The fraction of sp³-hybridized carbons (Fsp3) is 0.417. The van der Waals surface area contributed by atoms with E-state index >= 15 is 0 Å². The lowest BCUT2D eigenvalue weighted by Gasteiger charge is -2.30. The maximum absolute atomic E-state index is 12.0. The SMILES string of the molecule is O=C(Nc1cc(Cl)ccc1Cl)N1CCC[C@H](O)C1. The lowest BCUT2D eigenvalue weighted by Crippen LogP contribution is -2.44. The Bertz CT molecular complexity index is 454. The lowest BCUT2D eigenvalue weighted by molar-refractivity contribution is 0.0883. The third-order valence-corrected chi connectivity index (χ3v) is 3.42. The van der Waals surface area contributed by atoms with Crippen LogP contribution >= 0.6 is 23.2 Å². The minimum Gasteiger partial charge on any atom is -0.391 e. The normalized spacial score (nSPS) is 19.7. The summed E-state index contributed by atoms with van der Waals surface area (Å²) in [5.74, 6) is 0. The van der Waals surface area contributed by atoms with Crippen LogP contribution in [0.25, 0.3) is 0 Å². The molecule has 0 saturated carbocycles. The highest BCUT2D eigenvalue weighted by atomic mass is 35.5.